The fourth-order valence-electron chi connectivity index (χ4n) is 4.52. The number of carbonyl (C=O) groups is 1. The molecule has 1 unspecified atom stereocenters. The first-order valence-corrected chi connectivity index (χ1v) is 12.3. The molecule has 4 rings (SSSR count). The molecule has 1 heterocycles. The number of fused-ring (bicyclic) bond motifs is 1. The normalized spacial score (nSPS) is 11.9. The fourth-order valence-corrected chi connectivity index (χ4v) is 4.52. The van der Waals surface area contributed by atoms with Gasteiger partial charge in [0.1, 0.15) is 12.4 Å². The maximum atomic E-state index is 13.3. The van der Waals surface area contributed by atoms with Gasteiger partial charge >= 0.3 is 11.7 Å². The number of ether oxygens (including phenoxy) is 1. The molecule has 0 aliphatic heterocycles. The van der Waals surface area contributed by atoms with E-state index in [1.54, 1.807) is 10.6 Å². The molecule has 37 heavy (non-hydrogen) atoms. The predicted octanol–water partition coefficient (Wildman–Crippen LogP) is 5.83. The van der Waals surface area contributed by atoms with Crippen molar-refractivity contribution < 1.29 is 14.6 Å². The van der Waals surface area contributed by atoms with Gasteiger partial charge < -0.3 is 9.84 Å². The second-order valence-corrected chi connectivity index (χ2v) is 9.32. The summed E-state index contributed by atoms with van der Waals surface area (Å²) in [6.07, 6.45) is 5.85. The molecule has 0 aliphatic carbocycles. The van der Waals surface area contributed by atoms with Crippen LogP contribution in [0.4, 0.5) is 0 Å². The maximum Gasteiger partial charge on any atom is 0.348 e. The van der Waals surface area contributed by atoms with Gasteiger partial charge in [-0.1, -0.05) is 75.2 Å². The van der Waals surface area contributed by atoms with E-state index in [0.717, 1.165) is 16.5 Å². The Kier molecular flexibility index (Phi) is 7.74. The average Bonchev–Trinajstić information content (AvgIpc) is 2.89. The lowest BCUT2D eigenvalue weighted by Gasteiger charge is -2.16. The molecule has 0 saturated carbocycles. The van der Waals surface area contributed by atoms with Crippen molar-refractivity contribution in [3.05, 3.63) is 93.9 Å². The molecule has 6 nitrogen and oxygen atoms in total. The highest BCUT2D eigenvalue weighted by atomic mass is 16.5. The van der Waals surface area contributed by atoms with Gasteiger partial charge in [0.2, 0.25) is 0 Å². The van der Waals surface area contributed by atoms with Crippen LogP contribution in [0.25, 0.3) is 22.2 Å². The Hall–Kier alpha value is -4.37. The van der Waals surface area contributed by atoms with E-state index >= 15 is 0 Å². The SMILES string of the molecule is C#CCOc1ccc2c(c1)c(-c1ccc(C(C)C)cc1)nc(=O)n2Cc1cccc(C(CC)C(=O)O)c1. The molecule has 0 amide bonds. The molecule has 3 aromatic carbocycles. The monoisotopic (exact) mass is 494 g/mol. The quantitative estimate of drug-likeness (QED) is 0.296. The summed E-state index contributed by atoms with van der Waals surface area (Å²) in [6.45, 7) is 6.50. The van der Waals surface area contributed by atoms with E-state index in [-0.39, 0.29) is 18.8 Å². The van der Waals surface area contributed by atoms with Gasteiger partial charge in [0, 0.05) is 10.9 Å². The second-order valence-electron chi connectivity index (χ2n) is 9.32. The lowest BCUT2D eigenvalue weighted by Crippen LogP contribution is -2.25. The van der Waals surface area contributed by atoms with Crippen molar-refractivity contribution >= 4 is 16.9 Å². The zero-order valence-corrected chi connectivity index (χ0v) is 21.3. The minimum Gasteiger partial charge on any atom is -0.481 e. The zero-order chi connectivity index (χ0) is 26.5. The number of terminal acetylenes is 1. The lowest BCUT2D eigenvalue weighted by atomic mass is 9.95. The van der Waals surface area contributed by atoms with Gasteiger partial charge in [-0.15, -0.1) is 6.42 Å². The first-order chi connectivity index (χ1) is 17.8. The van der Waals surface area contributed by atoms with E-state index in [2.05, 4.69) is 36.9 Å². The van der Waals surface area contributed by atoms with E-state index in [1.165, 1.54) is 5.56 Å². The van der Waals surface area contributed by atoms with Gasteiger partial charge in [-0.05, 0) is 47.2 Å². The van der Waals surface area contributed by atoms with Crippen molar-refractivity contribution in [2.45, 2.75) is 45.6 Å². The Morgan fingerprint density at radius 3 is 2.49 bits per heavy atom. The van der Waals surface area contributed by atoms with Crippen LogP contribution < -0.4 is 10.4 Å². The van der Waals surface area contributed by atoms with E-state index in [0.29, 0.717) is 34.9 Å². The number of nitrogens with zero attached hydrogens (tertiary/aromatic N) is 2. The highest BCUT2D eigenvalue weighted by molar-refractivity contribution is 5.93. The Morgan fingerprint density at radius 1 is 1.08 bits per heavy atom. The minimum absolute atomic E-state index is 0.131. The highest BCUT2D eigenvalue weighted by Crippen LogP contribution is 2.30. The Labute approximate surface area is 216 Å². The van der Waals surface area contributed by atoms with Crippen LogP contribution in [0.3, 0.4) is 0 Å². The number of hydrogen-bond donors (Lipinski definition) is 1. The second kappa shape index (κ2) is 11.1. The molecule has 1 aromatic heterocycles. The van der Waals surface area contributed by atoms with Crippen molar-refractivity contribution in [2.75, 3.05) is 6.61 Å². The van der Waals surface area contributed by atoms with Crippen molar-refractivity contribution in [3.63, 3.8) is 0 Å². The van der Waals surface area contributed by atoms with E-state index in [4.69, 9.17) is 11.2 Å². The third-order valence-electron chi connectivity index (χ3n) is 6.53. The van der Waals surface area contributed by atoms with Crippen LogP contribution >= 0.6 is 0 Å². The van der Waals surface area contributed by atoms with Crippen LogP contribution in [0.1, 0.15) is 55.7 Å². The van der Waals surface area contributed by atoms with Crippen LogP contribution in [0, 0.1) is 12.3 Å². The third-order valence-corrected chi connectivity index (χ3v) is 6.53. The van der Waals surface area contributed by atoms with E-state index < -0.39 is 11.9 Å². The first kappa shape index (κ1) is 25.7. The summed E-state index contributed by atoms with van der Waals surface area (Å²) in [7, 11) is 0. The molecule has 0 radical (unpaired) electrons. The Morgan fingerprint density at radius 2 is 1.84 bits per heavy atom. The minimum atomic E-state index is -0.865. The molecule has 6 heteroatoms. The van der Waals surface area contributed by atoms with Gasteiger partial charge in [-0.3, -0.25) is 9.36 Å². The molecule has 188 valence electrons. The topological polar surface area (TPSA) is 81.4 Å². The summed E-state index contributed by atoms with van der Waals surface area (Å²) in [5.74, 6) is 1.99. The molecule has 0 fully saturated rings. The molecular weight excluding hydrogens is 464 g/mol. The largest absolute Gasteiger partial charge is 0.481 e. The summed E-state index contributed by atoms with van der Waals surface area (Å²) in [5.41, 5.74) is 4.46. The van der Waals surface area contributed by atoms with Gasteiger partial charge in [0.05, 0.1) is 23.7 Å². The van der Waals surface area contributed by atoms with Crippen LogP contribution in [-0.4, -0.2) is 27.2 Å². The maximum absolute atomic E-state index is 13.3. The molecule has 0 aliphatic rings. The van der Waals surface area contributed by atoms with E-state index in [9.17, 15) is 14.7 Å². The highest BCUT2D eigenvalue weighted by Gasteiger charge is 2.19. The molecule has 1 atom stereocenters. The van der Waals surface area contributed by atoms with Crippen molar-refractivity contribution in [3.8, 4) is 29.4 Å². The summed E-state index contributed by atoms with van der Waals surface area (Å²) in [5, 5.41) is 10.3. The fraction of sp³-hybridized carbons (Fsp3) is 0.258. The zero-order valence-electron chi connectivity index (χ0n) is 21.3. The molecule has 0 saturated heterocycles. The van der Waals surface area contributed by atoms with E-state index in [1.807, 2.05) is 55.5 Å². The summed E-state index contributed by atoms with van der Waals surface area (Å²) >= 11 is 0. The molecule has 0 bridgehead atoms. The summed E-state index contributed by atoms with van der Waals surface area (Å²) in [6, 6.07) is 20.9. The van der Waals surface area contributed by atoms with Gasteiger partial charge in [-0.2, -0.15) is 4.98 Å². The predicted molar refractivity (Wildman–Crippen MR) is 146 cm³/mol. The number of benzene rings is 3. The first-order valence-electron chi connectivity index (χ1n) is 12.3. The number of carboxylic acids is 1. The number of aliphatic carboxylic acids is 1. The van der Waals surface area contributed by atoms with Crippen molar-refractivity contribution in [2.24, 2.45) is 0 Å². The van der Waals surface area contributed by atoms with Crippen molar-refractivity contribution in [1.29, 1.82) is 0 Å². The Balaban J connectivity index is 1.84. The number of rotatable bonds is 9. The lowest BCUT2D eigenvalue weighted by molar-refractivity contribution is -0.138. The third kappa shape index (κ3) is 5.57. The standard InChI is InChI=1S/C31H30N2O4/c1-5-16-37-25-14-15-28-27(18-25)29(23-12-10-22(11-13-23)20(3)4)32-31(36)33(28)19-21-8-7-9-24(17-21)26(6-2)30(34)35/h1,7-15,17-18,20,26H,6,16,19H2,2-4H3,(H,34,35). The van der Waals surface area contributed by atoms with Gasteiger partial charge in [-0.25, -0.2) is 4.79 Å². The number of aromatic nitrogens is 2. The van der Waals surface area contributed by atoms with Gasteiger partial charge in [0.15, 0.2) is 0 Å². The smallest absolute Gasteiger partial charge is 0.348 e. The number of hydrogen-bond acceptors (Lipinski definition) is 4. The van der Waals surface area contributed by atoms with Crippen LogP contribution in [0.2, 0.25) is 0 Å². The molecular formula is C31H30N2O4. The average molecular weight is 495 g/mol. The molecule has 0 spiro atoms. The van der Waals surface area contributed by atoms with Crippen molar-refractivity contribution in [1.82, 2.24) is 9.55 Å². The van der Waals surface area contributed by atoms with Crippen LogP contribution in [0.5, 0.6) is 5.75 Å². The molecule has 4 aromatic rings. The summed E-state index contributed by atoms with van der Waals surface area (Å²) < 4.78 is 7.27. The van der Waals surface area contributed by atoms with Crippen LogP contribution in [-0.2, 0) is 11.3 Å². The summed E-state index contributed by atoms with van der Waals surface area (Å²) in [4.78, 5) is 29.5. The van der Waals surface area contributed by atoms with Gasteiger partial charge in [0.25, 0.3) is 0 Å². The van der Waals surface area contributed by atoms with Crippen LogP contribution in [0.15, 0.2) is 71.5 Å². The Bertz CT molecular complexity index is 1530. The number of carboxylic acid groups (broad SMARTS) is 1. The molecule has 1 N–H and O–H groups in total.